The summed E-state index contributed by atoms with van der Waals surface area (Å²) in [5, 5.41) is 0. The van der Waals surface area contributed by atoms with Gasteiger partial charge in [0.1, 0.15) is 0 Å². The van der Waals surface area contributed by atoms with Crippen molar-refractivity contribution in [3.05, 3.63) is 0 Å². The molecule has 1 aliphatic rings. The van der Waals surface area contributed by atoms with Crippen LogP contribution in [0.15, 0.2) is 0 Å². The lowest BCUT2D eigenvalue weighted by Crippen LogP contribution is -2.34. The minimum absolute atomic E-state index is 0.771. The van der Waals surface area contributed by atoms with Crippen LogP contribution in [0.2, 0.25) is 0 Å². The molecule has 0 heterocycles. The second-order valence-corrected chi connectivity index (χ2v) is 3.84. The van der Waals surface area contributed by atoms with E-state index in [4.69, 9.17) is 11.6 Å². The van der Waals surface area contributed by atoms with E-state index in [1.54, 1.807) is 0 Å². The van der Waals surface area contributed by atoms with Crippen LogP contribution in [0.25, 0.3) is 0 Å². The summed E-state index contributed by atoms with van der Waals surface area (Å²) in [6.45, 7) is 1.05. The van der Waals surface area contributed by atoms with E-state index in [9.17, 15) is 0 Å². The van der Waals surface area contributed by atoms with Gasteiger partial charge in [-0.15, -0.1) is 11.6 Å². The van der Waals surface area contributed by atoms with Crippen molar-refractivity contribution in [3.8, 4) is 0 Å². The zero-order valence-electron chi connectivity index (χ0n) is 7.35. The fraction of sp³-hybridized carbons (Fsp3) is 1.00. The number of hydrogen-bond acceptors (Lipinski definition) is 1. The molecule has 0 aromatic carbocycles. The molecule has 1 aliphatic carbocycles. The van der Waals surface area contributed by atoms with Gasteiger partial charge in [-0.3, -0.25) is 0 Å². The lowest BCUT2D eigenvalue weighted by molar-refractivity contribution is 0.201. The zero-order valence-corrected chi connectivity index (χ0v) is 8.11. The van der Waals surface area contributed by atoms with Gasteiger partial charge in [0.05, 0.1) is 0 Å². The summed E-state index contributed by atoms with van der Waals surface area (Å²) in [5.41, 5.74) is 0. The Kier molecular flexibility index (Phi) is 4.24. The first-order valence-electron chi connectivity index (χ1n) is 4.61. The molecular weight excluding hydrogens is 158 g/mol. The predicted octanol–water partition coefficient (Wildman–Crippen LogP) is 2.49. The molecule has 0 aromatic rings. The lowest BCUT2D eigenvalue weighted by atomic mass is 9.94. The highest BCUT2D eigenvalue weighted by Crippen LogP contribution is 2.21. The molecule has 2 heteroatoms. The van der Waals surface area contributed by atoms with Crippen molar-refractivity contribution in [2.45, 2.75) is 38.1 Å². The van der Waals surface area contributed by atoms with Crippen molar-refractivity contribution >= 4 is 11.6 Å². The lowest BCUT2D eigenvalue weighted by Gasteiger charge is -2.30. The Bertz CT molecular complexity index is 99.7. The monoisotopic (exact) mass is 175 g/mol. The Balaban J connectivity index is 2.21. The molecule has 0 atom stereocenters. The van der Waals surface area contributed by atoms with Gasteiger partial charge in [0.15, 0.2) is 0 Å². The minimum Gasteiger partial charge on any atom is -0.302 e. The maximum atomic E-state index is 5.67. The van der Waals surface area contributed by atoms with E-state index < -0.39 is 0 Å². The Hall–Kier alpha value is 0.250. The van der Waals surface area contributed by atoms with Crippen molar-refractivity contribution < 1.29 is 0 Å². The second kappa shape index (κ2) is 5.00. The highest BCUT2D eigenvalue weighted by Gasteiger charge is 2.16. The second-order valence-electron chi connectivity index (χ2n) is 3.46. The van der Waals surface area contributed by atoms with Crippen LogP contribution in [0.3, 0.4) is 0 Å². The van der Waals surface area contributed by atoms with E-state index in [2.05, 4.69) is 11.9 Å². The fourth-order valence-electron chi connectivity index (χ4n) is 1.84. The number of halogens is 1. The molecule has 1 fully saturated rings. The van der Waals surface area contributed by atoms with E-state index in [-0.39, 0.29) is 0 Å². The summed E-state index contributed by atoms with van der Waals surface area (Å²) in [5.74, 6) is 0.771. The van der Waals surface area contributed by atoms with E-state index >= 15 is 0 Å². The van der Waals surface area contributed by atoms with Crippen LogP contribution in [0, 0.1) is 0 Å². The van der Waals surface area contributed by atoms with Crippen molar-refractivity contribution in [1.82, 2.24) is 4.90 Å². The van der Waals surface area contributed by atoms with Crippen molar-refractivity contribution in [1.29, 1.82) is 0 Å². The topological polar surface area (TPSA) is 3.24 Å². The van der Waals surface area contributed by atoms with Crippen LogP contribution >= 0.6 is 11.6 Å². The largest absolute Gasteiger partial charge is 0.302 e. The maximum Gasteiger partial charge on any atom is 0.0351 e. The first-order valence-corrected chi connectivity index (χ1v) is 5.14. The quantitative estimate of drug-likeness (QED) is 0.596. The van der Waals surface area contributed by atoms with E-state index in [1.165, 1.54) is 32.1 Å². The van der Waals surface area contributed by atoms with E-state index in [0.717, 1.165) is 18.5 Å². The normalized spacial score (nSPS) is 21.0. The van der Waals surface area contributed by atoms with Gasteiger partial charge in [0.2, 0.25) is 0 Å². The van der Waals surface area contributed by atoms with Crippen LogP contribution in [-0.4, -0.2) is 30.4 Å². The highest BCUT2D eigenvalue weighted by atomic mass is 35.5. The Morgan fingerprint density at radius 1 is 1.27 bits per heavy atom. The van der Waals surface area contributed by atoms with Crippen LogP contribution in [-0.2, 0) is 0 Å². The van der Waals surface area contributed by atoms with Crippen molar-refractivity contribution in [3.63, 3.8) is 0 Å². The molecule has 66 valence electrons. The molecule has 0 radical (unpaired) electrons. The summed E-state index contributed by atoms with van der Waals surface area (Å²) in [6.07, 6.45) is 7.03. The molecule has 1 saturated carbocycles. The summed E-state index contributed by atoms with van der Waals surface area (Å²) in [6, 6.07) is 0.822. The minimum atomic E-state index is 0.771. The smallest absolute Gasteiger partial charge is 0.0351 e. The van der Waals surface area contributed by atoms with E-state index in [1.807, 2.05) is 0 Å². The van der Waals surface area contributed by atoms with Crippen LogP contribution < -0.4 is 0 Å². The van der Waals surface area contributed by atoms with Gasteiger partial charge < -0.3 is 4.90 Å². The molecule has 0 amide bonds. The van der Waals surface area contributed by atoms with E-state index in [0.29, 0.717) is 0 Å². The number of nitrogens with zero attached hydrogens (tertiary/aromatic N) is 1. The van der Waals surface area contributed by atoms with Crippen LogP contribution in [0.4, 0.5) is 0 Å². The van der Waals surface area contributed by atoms with Gasteiger partial charge in [-0.25, -0.2) is 0 Å². The average molecular weight is 176 g/mol. The SMILES string of the molecule is CN(CCCl)C1CCCCC1. The third-order valence-electron chi connectivity index (χ3n) is 2.64. The third-order valence-corrected chi connectivity index (χ3v) is 2.80. The van der Waals surface area contributed by atoms with Gasteiger partial charge in [0.25, 0.3) is 0 Å². The van der Waals surface area contributed by atoms with Gasteiger partial charge in [0, 0.05) is 18.5 Å². The molecule has 1 nitrogen and oxygen atoms in total. The maximum absolute atomic E-state index is 5.67. The Labute approximate surface area is 74.7 Å². The highest BCUT2D eigenvalue weighted by molar-refractivity contribution is 6.18. The Morgan fingerprint density at radius 2 is 1.91 bits per heavy atom. The van der Waals surface area contributed by atoms with Crippen molar-refractivity contribution in [2.75, 3.05) is 19.5 Å². The molecule has 0 unspecified atom stereocenters. The predicted molar refractivity (Wildman–Crippen MR) is 50.2 cm³/mol. The summed E-state index contributed by atoms with van der Waals surface area (Å²) < 4.78 is 0. The first kappa shape index (κ1) is 9.34. The Morgan fingerprint density at radius 3 is 2.45 bits per heavy atom. The number of rotatable bonds is 3. The molecule has 0 N–H and O–H groups in total. The molecule has 0 bridgehead atoms. The molecule has 0 aromatic heterocycles. The molecule has 0 saturated heterocycles. The molecule has 0 aliphatic heterocycles. The van der Waals surface area contributed by atoms with Crippen LogP contribution in [0.1, 0.15) is 32.1 Å². The van der Waals surface area contributed by atoms with Crippen LogP contribution in [0.5, 0.6) is 0 Å². The molecular formula is C9H18ClN. The molecule has 1 rings (SSSR count). The van der Waals surface area contributed by atoms with Gasteiger partial charge in [-0.05, 0) is 19.9 Å². The summed E-state index contributed by atoms with van der Waals surface area (Å²) in [4.78, 5) is 2.41. The average Bonchev–Trinajstić information content (AvgIpc) is 2.07. The third kappa shape index (κ3) is 3.00. The first-order chi connectivity index (χ1) is 5.34. The zero-order chi connectivity index (χ0) is 8.10. The summed E-state index contributed by atoms with van der Waals surface area (Å²) >= 11 is 5.67. The van der Waals surface area contributed by atoms with Gasteiger partial charge in [-0.2, -0.15) is 0 Å². The molecule has 0 spiro atoms. The fourth-order valence-corrected chi connectivity index (χ4v) is 2.10. The standard InChI is InChI=1S/C9H18ClN/c1-11(8-7-10)9-5-3-2-4-6-9/h9H,2-8H2,1H3. The van der Waals surface area contributed by atoms with Gasteiger partial charge in [-0.1, -0.05) is 19.3 Å². The molecule has 11 heavy (non-hydrogen) atoms. The number of hydrogen-bond donors (Lipinski definition) is 0. The van der Waals surface area contributed by atoms with Crippen molar-refractivity contribution in [2.24, 2.45) is 0 Å². The number of alkyl halides is 1. The van der Waals surface area contributed by atoms with Gasteiger partial charge >= 0.3 is 0 Å². The summed E-state index contributed by atoms with van der Waals surface area (Å²) in [7, 11) is 2.19.